The molecule has 0 bridgehead atoms. The average molecular weight is 184 g/mol. The third kappa shape index (κ3) is 2.79. The Morgan fingerprint density at radius 2 is 1.85 bits per heavy atom. The van der Waals surface area contributed by atoms with Crippen LogP contribution in [0.5, 0.6) is 0 Å². The Bertz CT molecular complexity index is 274. The second-order valence-corrected chi connectivity index (χ2v) is 2.79. The van der Waals surface area contributed by atoms with E-state index < -0.39 is 0 Å². The lowest BCUT2D eigenvalue weighted by molar-refractivity contribution is 0.179. The van der Waals surface area contributed by atoms with E-state index in [1.54, 1.807) is 20.3 Å². The Morgan fingerprint density at radius 3 is 2.38 bits per heavy atom. The van der Waals surface area contributed by atoms with Crippen LogP contribution >= 0.6 is 0 Å². The Balaban J connectivity index is 2.79. The molecule has 0 fully saturated rings. The van der Waals surface area contributed by atoms with Gasteiger partial charge >= 0.3 is 0 Å². The Morgan fingerprint density at radius 1 is 1.15 bits per heavy atom. The molecule has 0 saturated heterocycles. The Labute approximate surface area is 77.3 Å². The smallest absolute Gasteiger partial charge is 0.129 e. The third-order valence-corrected chi connectivity index (χ3v) is 1.73. The van der Waals surface area contributed by atoms with Crippen molar-refractivity contribution in [2.24, 2.45) is 0 Å². The van der Waals surface area contributed by atoms with Crippen LogP contribution in [0.15, 0.2) is 18.2 Å². The molecule has 0 unspecified atom stereocenters. The van der Waals surface area contributed by atoms with Crippen molar-refractivity contribution in [3.8, 4) is 0 Å². The van der Waals surface area contributed by atoms with Crippen molar-refractivity contribution in [2.75, 3.05) is 14.2 Å². The van der Waals surface area contributed by atoms with Gasteiger partial charge in [0.2, 0.25) is 0 Å². The molecule has 0 N–H and O–H groups in total. The number of halogens is 1. The van der Waals surface area contributed by atoms with Gasteiger partial charge in [0, 0.05) is 19.8 Å². The second-order valence-electron chi connectivity index (χ2n) is 2.79. The lowest BCUT2D eigenvalue weighted by atomic mass is 10.1. The van der Waals surface area contributed by atoms with E-state index in [1.165, 1.54) is 6.07 Å². The molecule has 1 aromatic carbocycles. The number of ether oxygens (including phenoxy) is 2. The summed E-state index contributed by atoms with van der Waals surface area (Å²) in [5.74, 6) is -0.239. The standard InChI is InChI=1S/C10H13FO2/c1-12-6-8-3-4-9(7-13-2)10(11)5-8/h3-5H,6-7H2,1-2H3. The maximum Gasteiger partial charge on any atom is 0.129 e. The summed E-state index contributed by atoms with van der Waals surface area (Å²) in [6.45, 7) is 0.739. The Hall–Kier alpha value is -0.930. The molecule has 13 heavy (non-hydrogen) atoms. The molecule has 1 rings (SSSR count). The van der Waals surface area contributed by atoms with E-state index in [0.717, 1.165) is 5.56 Å². The molecule has 0 atom stereocenters. The summed E-state index contributed by atoms with van der Waals surface area (Å²) in [6.07, 6.45) is 0. The van der Waals surface area contributed by atoms with Crippen molar-refractivity contribution < 1.29 is 13.9 Å². The first-order valence-electron chi connectivity index (χ1n) is 4.03. The van der Waals surface area contributed by atoms with Gasteiger partial charge in [0.25, 0.3) is 0 Å². The monoisotopic (exact) mass is 184 g/mol. The summed E-state index contributed by atoms with van der Waals surface area (Å²) in [5.41, 5.74) is 1.40. The molecule has 72 valence electrons. The fourth-order valence-electron chi connectivity index (χ4n) is 1.12. The van der Waals surface area contributed by atoms with Crippen molar-refractivity contribution in [1.82, 2.24) is 0 Å². The van der Waals surface area contributed by atoms with E-state index in [1.807, 2.05) is 6.07 Å². The minimum absolute atomic E-state index is 0.239. The number of rotatable bonds is 4. The van der Waals surface area contributed by atoms with Gasteiger partial charge in [-0.25, -0.2) is 4.39 Å². The number of hydrogen-bond donors (Lipinski definition) is 0. The summed E-state index contributed by atoms with van der Waals surface area (Å²) in [7, 11) is 3.13. The molecule has 2 nitrogen and oxygen atoms in total. The van der Waals surface area contributed by atoms with Gasteiger partial charge in [0.1, 0.15) is 5.82 Å². The zero-order chi connectivity index (χ0) is 9.68. The van der Waals surface area contributed by atoms with Crippen LogP contribution in [-0.4, -0.2) is 14.2 Å². The van der Waals surface area contributed by atoms with Gasteiger partial charge in [-0.05, 0) is 11.6 Å². The van der Waals surface area contributed by atoms with Crippen LogP contribution in [0.1, 0.15) is 11.1 Å². The third-order valence-electron chi connectivity index (χ3n) is 1.73. The minimum atomic E-state index is -0.239. The molecular formula is C10H13FO2. The number of methoxy groups -OCH3 is 2. The molecule has 0 amide bonds. The van der Waals surface area contributed by atoms with E-state index in [9.17, 15) is 4.39 Å². The van der Waals surface area contributed by atoms with Crippen molar-refractivity contribution in [3.63, 3.8) is 0 Å². The summed E-state index contributed by atoms with van der Waals surface area (Å²) >= 11 is 0. The maximum absolute atomic E-state index is 13.2. The highest BCUT2D eigenvalue weighted by Gasteiger charge is 2.02. The summed E-state index contributed by atoms with van der Waals surface area (Å²) in [5, 5.41) is 0. The van der Waals surface area contributed by atoms with Crippen LogP contribution in [0.3, 0.4) is 0 Å². The van der Waals surface area contributed by atoms with Crippen LogP contribution < -0.4 is 0 Å². The van der Waals surface area contributed by atoms with Crippen molar-refractivity contribution >= 4 is 0 Å². The van der Waals surface area contributed by atoms with E-state index in [4.69, 9.17) is 9.47 Å². The van der Waals surface area contributed by atoms with Crippen LogP contribution in [0.25, 0.3) is 0 Å². The van der Waals surface area contributed by atoms with Crippen LogP contribution in [-0.2, 0) is 22.7 Å². The lowest BCUT2D eigenvalue weighted by Gasteiger charge is -2.04. The van der Waals surface area contributed by atoms with E-state index in [2.05, 4.69) is 0 Å². The highest BCUT2D eigenvalue weighted by atomic mass is 19.1. The molecule has 0 heterocycles. The molecule has 0 aliphatic carbocycles. The van der Waals surface area contributed by atoms with E-state index in [0.29, 0.717) is 18.8 Å². The zero-order valence-corrected chi connectivity index (χ0v) is 7.84. The van der Waals surface area contributed by atoms with Crippen LogP contribution in [0.4, 0.5) is 4.39 Å². The molecular weight excluding hydrogens is 171 g/mol. The SMILES string of the molecule is COCc1ccc(COC)c(F)c1. The fourth-order valence-corrected chi connectivity index (χ4v) is 1.12. The van der Waals surface area contributed by atoms with Gasteiger partial charge in [-0.3, -0.25) is 0 Å². The van der Waals surface area contributed by atoms with Crippen molar-refractivity contribution in [2.45, 2.75) is 13.2 Å². The molecule has 0 aliphatic heterocycles. The Kier molecular flexibility index (Phi) is 3.86. The topological polar surface area (TPSA) is 18.5 Å². The quantitative estimate of drug-likeness (QED) is 0.713. The van der Waals surface area contributed by atoms with E-state index >= 15 is 0 Å². The predicted molar refractivity (Wildman–Crippen MR) is 47.8 cm³/mol. The molecule has 0 aromatic heterocycles. The number of benzene rings is 1. The molecule has 0 aliphatic rings. The van der Waals surface area contributed by atoms with Gasteiger partial charge in [-0.2, -0.15) is 0 Å². The summed E-state index contributed by atoms with van der Waals surface area (Å²) in [6, 6.07) is 5.02. The molecule has 0 radical (unpaired) electrons. The van der Waals surface area contributed by atoms with E-state index in [-0.39, 0.29) is 5.82 Å². The van der Waals surface area contributed by atoms with Gasteiger partial charge in [-0.15, -0.1) is 0 Å². The first kappa shape index (κ1) is 10.2. The van der Waals surface area contributed by atoms with Gasteiger partial charge in [-0.1, -0.05) is 12.1 Å². The van der Waals surface area contributed by atoms with Gasteiger partial charge in [0.15, 0.2) is 0 Å². The van der Waals surface area contributed by atoms with Crippen LogP contribution in [0, 0.1) is 5.82 Å². The first-order chi connectivity index (χ1) is 6.27. The molecule has 0 spiro atoms. The first-order valence-corrected chi connectivity index (χ1v) is 4.03. The minimum Gasteiger partial charge on any atom is -0.380 e. The van der Waals surface area contributed by atoms with Crippen LogP contribution in [0.2, 0.25) is 0 Å². The predicted octanol–water partition coefficient (Wildman–Crippen LogP) is 2.12. The zero-order valence-electron chi connectivity index (χ0n) is 7.84. The largest absolute Gasteiger partial charge is 0.380 e. The summed E-state index contributed by atoms with van der Waals surface area (Å²) in [4.78, 5) is 0. The molecule has 0 saturated carbocycles. The average Bonchev–Trinajstić information content (AvgIpc) is 2.10. The van der Waals surface area contributed by atoms with Gasteiger partial charge in [0.05, 0.1) is 13.2 Å². The highest BCUT2D eigenvalue weighted by Crippen LogP contribution is 2.11. The molecule has 3 heteroatoms. The van der Waals surface area contributed by atoms with Gasteiger partial charge < -0.3 is 9.47 Å². The molecule has 1 aromatic rings. The van der Waals surface area contributed by atoms with Crippen molar-refractivity contribution in [1.29, 1.82) is 0 Å². The second kappa shape index (κ2) is 4.94. The number of hydrogen-bond acceptors (Lipinski definition) is 2. The van der Waals surface area contributed by atoms with Crippen molar-refractivity contribution in [3.05, 3.63) is 35.1 Å². The lowest BCUT2D eigenvalue weighted by Crippen LogP contribution is -1.95. The summed E-state index contributed by atoms with van der Waals surface area (Å²) < 4.78 is 22.9. The maximum atomic E-state index is 13.2. The fraction of sp³-hybridized carbons (Fsp3) is 0.400. The highest BCUT2D eigenvalue weighted by molar-refractivity contribution is 5.23. The normalized spacial score (nSPS) is 10.4.